The van der Waals surface area contributed by atoms with E-state index in [1.54, 1.807) is 18.3 Å². The maximum absolute atomic E-state index is 12.6. The molecule has 1 aromatic carbocycles. The van der Waals surface area contributed by atoms with Crippen LogP contribution in [0.2, 0.25) is 0 Å². The first-order valence-corrected chi connectivity index (χ1v) is 10.3. The molecule has 0 aliphatic carbocycles. The van der Waals surface area contributed by atoms with Gasteiger partial charge in [-0.3, -0.25) is 9.78 Å². The van der Waals surface area contributed by atoms with Gasteiger partial charge in [-0.15, -0.1) is 0 Å². The van der Waals surface area contributed by atoms with E-state index in [9.17, 15) is 4.79 Å². The number of amides is 1. The minimum absolute atomic E-state index is 0.156. The molecule has 0 bridgehead atoms. The van der Waals surface area contributed by atoms with Gasteiger partial charge in [0.2, 0.25) is 0 Å². The second kappa shape index (κ2) is 8.66. The Bertz CT molecular complexity index is 982. The monoisotopic (exact) mass is 392 g/mol. The second-order valence-corrected chi connectivity index (χ2v) is 8.01. The third kappa shape index (κ3) is 4.77. The summed E-state index contributed by atoms with van der Waals surface area (Å²) in [5.41, 5.74) is 1.39. The summed E-state index contributed by atoms with van der Waals surface area (Å²) in [6.45, 7) is 7.32. The Balaban J connectivity index is 1.36. The Hall–Kier alpha value is -2.86. The minimum Gasteiger partial charge on any atom is -0.457 e. The molecule has 0 unspecified atom stereocenters. The number of pyridine rings is 1. The molecule has 29 heavy (non-hydrogen) atoms. The lowest BCUT2D eigenvalue weighted by atomic mass is 9.97. The smallest absolute Gasteiger partial charge is 0.270 e. The van der Waals surface area contributed by atoms with Gasteiger partial charge in [0.25, 0.3) is 5.91 Å². The van der Waals surface area contributed by atoms with Crippen LogP contribution in [0, 0.1) is 5.92 Å². The van der Waals surface area contributed by atoms with E-state index in [2.05, 4.69) is 34.0 Å². The molecule has 4 rings (SSSR count). The zero-order valence-corrected chi connectivity index (χ0v) is 17.0. The normalized spacial score (nSPS) is 17.6. The average Bonchev–Trinajstić information content (AvgIpc) is 3.20. The van der Waals surface area contributed by atoms with E-state index >= 15 is 0 Å². The summed E-state index contributed by atoms with van der Waals surface area (Å²) in [6.07, 6.45) is 5.85. The van der Waals surface area contributed by atoms with Gasteiger partial charge in [0, 0.05) is 49.2 Å². The van der Waals surface area contributed by atoms with Crippen molar-refractivity contribution in [1.82, 2.24) is 20.2 Å². The van der Waals surface area contributed by atoms with Crippen molar-refractivity contribution < 1.29 is 9.53 Å². The Labute approximate surface area is 171 Å². The number of benzene rings is 1. The Morgan fingerprint density at radius 1 is 1.28 bits per heavy atom. The third-order valence-corrected chi connectivity index (χ3v) is 5.56. The summed E-state index contributed by atoms with van der Waals surface area (Å²) < 4.78 is 5.93. The number of fused-ring (bicyclic) bond motifs is 1. The zero-order valence-electron chi connectivity index (χ0n) is 17.0. The van der Waals surface area contributed by atoms with Gasteiger partial charge in [-0.1, -0.05) is 0 Å². The van der Waals surface area contributed by atoms with Crippen molar-refractivity contribution in [2.24, 2.45) is 5.92 Å². The number of carbonyl (C=O) groups excluding carboxylic acids is 1. The largest absolute Gasteiger partial charge is 0.457 e. The number of nitrogens with zero attached hydrogens (tertiary/aromatic N) is 2. The molecule has 1 aliphatic heterocycles. The van der Waals surface area contributed by atoms with Crippen molar-refractivity contribution in [2.75, 3.05) is 19.6 Å². The summed E-state index contributed by atoms with van der Waals surface area (Å²) in [6, 6.07) is 11.9. The molecule has 6 heteroatoms. The Morgan fingerprint density at radius 2 is 2.14 bits per heavy atom. The number of hydrogen-bond donors (Lipinski definition) is 2. The lowest BCUT2D eigenvalue weighted by Crippen LogP contribution is -2.43. The number of piperidine rings is 1. The van der Waals surface area contributed by atoms with E-state index in [1.807, 2.05) is 30.5 Å². The summed E-state index contributed by atoms with van der Waals surface area (Å²) in [5, 5.41) is 4.18. The predicted octanol–water partition coefficient (Wildman–Crippen LogP) is 4.21. The summed E-state index contributed by atoms with van der Waals surface area (Å²) in [4.78, 5) is 22.5. The van der Waals surface area contributed by atoms with E-state index in [0.29, 0.717) is 35.7 Å². The van der Waals surface area contributed by atoms with Gasteiger partial charge < -0.3 is 19.9 Å². The average molecular weight is 393 g/mol. The first-order valence-electron chi connectivity index (χ1n) is 10.3. The summed E-state index contributed by atoms with van der Waals surface area (Å²) in [7, 11) is 0. The molecule has 2 N–H and O–H groups in total. The van der Waals surface area contributed by atoms with E-state index in [1.165, 1.54) is 6.42 Å². The van der Waals surface area contributed by atoms with Crippen molar-refractivity contribution in [3.63, 3.8) is 0 Å². The topological polar surface area (TPSA) is 70.2 Å². The number of ether oxygens (including phenoxy) is 1. The summed E-state index contributed by atoms with van der Waals surface area (Å²) in [5.74, 6) is 1.65. The van der Waals surface area contributed by atoms with Gasteiger partial charge in [-0.05, 0) is 68.8 Å². The Kier molecular flexibility index (Phi) is 5.81. The number of likely N-dealkylation sites (tertiary alicyclic amines) is 1. The Morgan fingerprint density at radius 3 is 3.00 bits per heavy atom. The highest BCUT2D eigenvalue weighted by Gasteiger charge is 2.22. The molecule has 0 radical (unpaired) electrons. The number of hydrogen-bond acceptors (Lipinski definition) is 4. The van der Waals surface area contributed by atoms with Crippen LogP contribution in [0.4, 0.5) is 0 Å². The molecular formula is C23H28N4O2. The number of H-pyrrole nitrogens is 1. The van der Waals surface area contributed by atoms with Crippen LogP contribution < -0.4 is 10.1 Å². The summed E-state index contributed by atoms with van der Waals surface area (Å²) >= 11 is 0. The first-order chi connectivity index (χ1) is 14.1. The van der Waals surface area contributed by atoms with Crippen LogP contribution in [0.15, 0.2) is 48.8 Å². The molecule has 1 amide bonds. The molecule has 0 saturated carbocycles. The fourth-order valence-electron chi connectivity index (χ4n) is 3.89. The van der Waals surface area contributed by atoms with Crippen LogP contribution in [0.1, 0.15) is 37.2 Å². The highest BCUT2D eigenvalue weighted by atomic mass is 16.5. The maximum Gasteiger partial charge on any atom is 0.270 e. The second-order valence-electron chi connectivity index (χ2n) is 8.01. The van der Waals surface area contributed by atoms with E-state index in [0.717, 1.165) is 30.4 Å². The van der Waals surface area contributed by atoms with Crippen molar-refractivity contribution in [3.8, 4) is 11.5 Å². The minimum atomic E-state index is -0.156. The first kappa shape index (κ1) is 19.5. The molecule has 152 valence electrons. The SMILES string of the molecule is CC(C)N1CCC[C@H](CNC(=O)c2cc(Oc3ccc4cc[nH]c4c3)ccn2)C1. The van der Waals surface area contributed by atoms with Crippen molar-refractivity contribution in [2.45, 2.75) is 32.7 Å². The standard InChI is InChI=1S/C23H28N4O2/c1-16(2)27-11-3-4-17(15-27)14-26-23(28)22-13-20(8-10-25-22)29-19-6-5-18-7-9-24-21(18)12-19/h5-10,12-13,16-17,24H,3-4,11,14-15H2,1-2H3,(H,26,28)/t17-/m1/s1. The van der Waals surface area contributed by atoms with Gasteiger partial charge in [-0.25, -0.2) is 0 Å². The van der Waals surface area contributed by atoms with E-state index < -0.39 is 0 Å². The molecule has 1 aliphatic rings. The molecule has 3 heterocycles. The fourth-order valence-corrected chi connectivity index (χ4v) is 3.89. The molecule has 0 spiro atoms. The molecule has 2 aromatic heterocycles. The van der Waals surface area contributed by atoms with Crippen molar-refractivity contribution in [1.29, 1.82) is 0 Å². The lowest BCUT2D eigenvalue weighted by molar-refractivity contribution is 0.0917. The van der Waals surface area contributed by atoms with E-state index in [-0.39, 0.29) is 5.91 Å². The molecular weight excluding hydrogens is 364 g/mol. The van der Waals surface area contributed by atoms with Gasteiger partial charge in [-0.2, -0.15) is 0 Å². The maximum atomic E-state index is 12.6. The predicted molar refractivity (Wildman–Crippen MR) is 114 cm³/mol. The highest BCUT2D eigenvalue weighted by Crippen LogP contribution is 2.25. The molecule has 1 atom stereocenters. The van der Waals surface area contributed by atoms with E-state index in [4.69, 9.17) is 4.74 Å². The lowest BCUT2D eigenvalue weighted by Gasteiger charge is -2.35. The molecule has 1 saturated heterocycles. The van der Waals surface area contributed by atoms with Crippen LogP contribution in [0.5, 0.6) is 11.5 Å². The number of aromatic nitrogens is 2. The fraction of sp³-hybridized carbons (Fsp3) is 0.391. The third-order valence-electron chi connectivity index (χ3n) is 5.56. The van der Waals surface area contributed by atoms with Crippen molar-refractivity contribution in [3.05, 3.63) is 54.5 Å². The number of carbonyl (C=O) groups is 1. The van der Waals surface area contributed by atoms with Crippen LogP contribution in [-0.2, 0) is 0 Å². The van der Waals surface area contributed by atoms with Gasteiger partial charge in [0.05, 0.1) is 0 Å². The zero-order chi connectivity index (χ0) is 20.2. The molecule has 6 nitrogen and oxygen atoms in total. The number of aromatic amines is 1. The van der Waals surface area contributed by atoms with Crippen LogP contribution in [-0.4, -0.2) is 46.5 Å². The highest BCUT2D eigenvalue weighted by molar-refractivity contribution is 5.92. The molecule has 1 fully saturated rings. The van der Waals surface area contributed by atoms with Crippen molar-refractivity contribution >= 4 is 16.8 Å². The van der Waals surface area contributed by atoms with Gasteiger partial charge >= 0.3 is 0 Å². The quantitative estimate of drug-likeness (QED) is 0.659. The van der Waals surface area contributed by atoms with Crippen LogP contribution in [0.25, 0.3) is 10.9 Å². The van der Waals surface area contributed by atoms with Crippen LogP contribution in [0.3, 0.4) is 0 Å². The number of nitrogens with one attached hydrogen (secondary N) is 2. The molecule has 3 aromatic rings. The number of rotatable bonds is 6. The van der Waals surface area contributed by atoms with Gasteiger partial charge in [0.15, 0.2) is 0 Å². The van der Waals surface area contributed by atoms with Gasteiger partial charge in [0.1, 0.15) is 17.2 Å². The van der Waals surface area contributed by atoms with Crippen LogP contribution >= 0.6 is 0 Å².